The molecular formula is C15H22ClN3S. The Morgan fingerprint density at radius 1 is 1.35 bits per heavy atom. The molecule has 2 aromatic rings. The second kappa shape index (κ2) is 6.74. The van der Waals surface area contributed by atoms with Crippen molar-refractivity contribution in [2.45, 2.75) is 39.2 Å². The van der Waals surface area contributed by atoms with E-state index >= 15 is 0 Å². The monoisotopic (exact) mass is 311 g/mol. The molecule has 0 saturated carbocycles. The molecule has 3 nitrogen and oxygen atoms in total. The lowest BCUT2D eigenvalue weighted by Crippen LogP contribution is -2.19. The molecular weight excluding hydrogens is 290 g/mol. The number of halogens is 1. The maximum Gasteiger partial charge on any atom is 0.0850 e. The van der Waals surface area contributed by atoms with Crippen LogP contribution in [-0.4, -0.2) is 16.8 Å². The topological polar surface area (TPSA) is 29.9 Å². The van der Waals surface area contributed by atoms with Gasteiger partial charge in [-0.05, 0) is 32.0 Å². The zero-order chi connectivity index (χ0) is 14.7. The minimum Gasteiger partial charge on any atom is -0.312 e. The third kappa shape index (κ3) is 3.08. The number of hydrogen-bond acceptors (Lipinski definition) is 3. The highest BCUT2D eigenvalue weighted by atomic mass is 35.5. The van der Waals surface area contributed by atoms with Gasteiger partial charge in [0, 0.05) is 29.3 Å². The number of aromatic nitrogens is 2. The molecule has 0 aromatic carbocycles. The summed E-state index contributed by atoms with van der Waals surface area (Å²) >= 11 is 8.32. The van der Waals surface area contributed by atoms with E-state index in [1.807, 2.05) is 30.1 Å². The predicted octanol–water partition coefficient (Wildman–Crippen LogP) is 3.76. The fourth-order valence-corrected chi connectivity index (χ4v) is 3.79. The largest absolute Gasteiger partial charge is 0.312 e. The van der Waals surface area contributed by atoms with E-state index in [4.69, 9.17) is 11.6 Å². The summed E-state index contributed by atoms with van der Waals surface area (Å²) in [6.07, 6.45) is 2.83. The van der Waals surface area contributed by atoms with Gasteiger partial charge in [0.2, 0.25) is 0 Å². The van der Waals surface area contributed by atoms with Gasteiger partial charge in [0.25, 0.3) is 0 Å². The van der Waals surface area contributed by atoms with Gasteiger partial charge in [-0.15, -0.1) is 11.3 Å². The fourth-order valence-electron chi connectivity index (χ4n) is 2.35. The lowest BCUT2D eigenvalue weighted by molar-refractivity contribution is 0.569. The quantitative estimate of drug-likeness (QED) is 0.880. The fraction of sp³-hybridized carbons (Fsp3) is 0.533. The molecule has 0 amide bonds. The van der Waals surface area contributed by atoms with E-state index in [2.05, 4.69) is 36.4 Å². The lowest BCUT2D eigenvalue weighted by Gasteiger charge is -2.15. The Labute approximate surface area is 130 Å². The van der Waals surface area contributed by atoms with Crippen LogP contribution in [0.2, 0.25) is 5.02 Å². The summed E-state index contributed by atoms with van der Waals surface area (Å²) in [5.41, 5.74) is 2.09. The molecule has 1 N–H and O–H groups in total. The van der Waals surface area contributed by atoms with E-state index in [-0.39, 0.29) is 6.04 Å². The molecule has 0 aliphatic rings. The average Bonchev–Trinajstić information content (AvgIpc) is 3.02. The van der Waals surface area contributed by atoms with Gasteiger partial charge < -0.3 is 5.32 Å². The van der Waals surface area contributed by atoms with Crippen LogP contribution in [0.4, 0.5) is 0 Å². The number of hydrogen-bond donors (Lipinski definition) is 1. The van der Waals surface area contributed by atoms with E-state index in [0.29, 0.717) is 0 Å². The number of likely N-dealkylation sites (N-methyl/N-ethyl adjacent to an activating group) is 1. The Morgan fingerprint density at radius 3 is 2.60 bits per heavy atom. The molecule has 110 valence electrons. The molecule has 2 heterocycles. The van der Waals surface area contributed by atoms with Gasteiger partial charge in [-0.25, -0.2) is 0 Å². The second-order valence-corrected chi connectivity index (χ2v) is 6.47. The molecule has 0 bridgehead atoms. The summed E-state index contributed by atoms with van der Waals surface area (Å²) in [4.78, 5) is 2.78. The maximum atomic E-state index is 6.44. The van der Waals surface area contributed by atoms with E-state index < -0.39 is 0 Å². The van der Waals surface area contributed by atoms with Crippen LogP contribution in [0.15, 0.2) is 12.1 Å². The smallest absolute Gasteiger partial charge is 0.0850 e. The van der Waals surface area contributed by atoms with Crippen molar-refractivity contribution in [2.75, 3.05) is 7.05 Å². The molecule has 0 aliphatic heterocycles. The first kappa shape index (κ1) is 15.5. The van der Waals surface area contributed by atoms with Crippen LogP contribution < -0.4 is 5.32 Å². The first-order valence-electron chi connectivity index (χ1n) is 7.06. The molecule has 20 heavy (non-hydrogen) atoms. The van der Waals surface area contributed by atoms with Crippen LogP contribution in [0.3, 0.4) is 0 Å². The minimum atomic E-state index is 0.290. The second-order valence-electron chi connectivity index (χ2n) is 4.89. The molecule has 0 radical (unpaired) electrons. The molecule has 5 heteroatoms. The van der Waals surface area contributed by atoms with Crippen LogP contribution >= 0.6 is 22.9 Å². The molecule has 0 fully saturated rings. The van der Waals surface area contributed by atoms with Crippen molar-refractivity contribution in [3.8, 4) is 0 Å². The van der Waals surface area contributed by atoms with Crippen LogP contribution in [-0.2, 0) is 26.3 Å². The van der Waals surface area contributed by atoms with E-state index in [0.717, 1.165) is 35.7 Å². The zero-order valence-electron chi connectivity index (χ0n) is 12.5. The van der Waals surface area contributed by atoms with Crippen molar-refractivity contribution in [2.24, 2.45) is 7.05 Å². The molecule has 0 saturated heterocycles. The summed E-state index contributed by atoms with van der Waals surface area (Å²) in [6.45, 7) is 4.27. The van der Waals surface area contributed by atoms with Crippen molar-refractivity contribution < 1.29 is 0 Å². The highest BCUT2D eigenvalue weighted by molar-refractivity contribution is 7.12. The van der Waals surface area contributed by atoms with Crippen molar-refractivity contribution >= 4 is 22.9 Å². The Balaban J connectivity index is 2.24. The first-order valence-corrected chi connectivity index (χ1v) is 8.26. The standard InChI is InChI=1S/C15H22ClN3S/c1-5-10-7-8-14(20-10)12(17-3)9-13-15(16)11(6-2)18-19(13)4/h7-8,12,17H,5-6,9H2,1-4H3. The number of thiophene rings is 1. The molecule has 1 atom stereocenters. The first-order chi connectivity index (χ1) is 9.60. The summed E-state index contributed by atoms with van der Waals surface area (Å²) in [6, 6.07) is 4.72. The normalized spacial score (nSPS) is 12.8. The molecule has 0 spiro atoms. The third-order valence-corrected chi connectivity index (χ3v) is 5.40. The van der Waals surface area contributed by atoms with Gasteiger partial charge in [0.05, 0.1) is 16.4 Å². The third-order valence-electron chi connectivity index (χ3n) is 3.62. The van der Waals surface area contributed by atoms with Crippen molar-refractivity contribution in [3.05, 3.63) is 38.3 Å². The highest BCUT2D eigenvalue weighted by Gasteiger charge is 2.19. The average molecular weight is 312 g/mol. The van der Waals surface area contributed by atoms with Gasteiger partial charge in [0.1, 0.15) is 0 Å². The van der Waals surface area contributed by atoms with Gasteiger partial charge in [0.15, 0.2) is 0 Å². The predicted molar refractivity (Wildman–Crippen MR) is 86.8 cm³/mol. The lowest BCUT2D eigenvalue weighted by atomic mass is 10.1. The highest BCUT2D eigenvalue weighted by Crippen LogP contribution is 2.29. The van der Waals surface area contributed by atoms with Crippen molar-refractivity contribution in [3.63, 3.8) is 0 Å². The van der Waals surface area contributed by atoms with E-state index in [9.17, 15) is 0 Å². The summed E-state index contributed by atoms with van der Waals surface area (Å²) in [5, 5.41) is 8.71. The van der Waals surface area contributed by atoms with Crippen molar-refractivity contribution in [1.29, 1.82) is 0 Å². The Hall–Kier alpha value is -0.840. The van der Waals surface area contributed by atoms with Gasteiger partial charge in [-0.3, -0.25) is 4.68 Å². The number of aryl methyl sites for hydroxylation is 3. The Morgan fingerprint density at radius 2 is 2.10 bits per heavy atom. The maximum absolute atomic E-state index is 6.44. The summed E-state index contributed by atoms with van der Waals surface area (Å²) in [7, 11) is 3.97. The SMILES string of the molecule is CCc1ccc(C(Cc2c(Cl)c(CC)nn2C)NC)s1. The molecule has 0 aliphatic carbocycles. The molecule has 1 unspecified atom stereocenters. The van der Waals surface area contributed by atoms with Gasteiger partial charge in [-0.2, -0.15) is 5.10 Å². The Kier molecular flexibility index (Phi) is 5.24. The summed E-state index contributed by atoms with van der Waals surface area (Å²) < 4.78 is 1.92. The molecule has 2 aromatic heterocycles. The number of nitrogens with zero attached hydrogens (tertiary/aromatic N) is 2. The van der Waals surface area contributed by atoms with Crippen LogP contribution in [0.25, 0.3) is 0 Å². The van der Waals surface area contributed by atoms with Crippen LogP contribution in [0.1, 0.15) is 41.0 Å². The number of rotatable bonds is 6. The minimum absolute atomic E-state index is 0.290. The van der Waals surface area contributed by atoms with Crippen LogP contribution in [0.5, 0.6) is 0 Å². The van der Waals surface area contributed by atoms with E-state index in [1.165, 1.54) is 9.75 Å². The van der Waals surface area contributed by atoms with Gasteiger partial charge >= 0.3 is 0 Å². The van der Waals surface area contributed by atoms with E-state index in [1.54, 1.807) is 0 Å². The number of nitrogens with one attached hydrogen (secondary N) is 1. The Bertz CT molecular complexity index is 574. The summed E-state index contributed by atoms with van der Waals surface area (Å²) in [5.74, 6) is 0. The zero-order valence-corrected chi connectivity index (χ0v) is 14.1. The molecule has 2 rings (SSSR count). The van der Waals surface area contributed by atoms with Crippen LogP contribution in [0, 0.1) is 0 Å². The van der Waals surface area contributed by atoms with Gasteiger partial charge in [-0.1, -0.05) is 25.4 Å². The van der Waals surface area contributed by atoms with Crippen molar-refractivity contribution in [1.82, 2.24) is 15.1 Å².